The van der Waals surface area contributed by atoms with Crippen LogP contribution in [0.5, 0.6) is 0 Å². The summed E-state index contributed by atoms with van der Waals surface area (Å²) in [5.41, 5.74) is 5.83. The van der Waals surface area contributed by atoms with Crippen molar-refractivity contribution in [3.05, 3.63) is 12.5 Å². The fourth-order valence-corrected chi connectivity index (χ4v) is 4.76. The van der Waals surface area contributed by atoms with Gasteiger partial charge in [-0.1, -0.05) is 19.8 Å². The van der Waals surface area contributed by atoms with Gasteiger partial charge >= 0.3 is 0 Å². The van der Waals surface area contributed by atoms with Crippen LogP contribution in [0.4, 0.5) is 0 Å². The van der Waals surface area contributed by atoms with Crippen LogP contribution in [0.2, 0.25) is 0 Å². The molecule has 1 fully saturated rings. The molecule has 6 nitrogen and oxygen atoms in total. The Balaban J connectivity index is 2.31. The van der Waals surface area contributed by atoms with Gasteiger partial charge in [0.25, 0.3) is 10.0 Å². The van der Waals surface area contributed by atoms with Gasteiger partial charge in [0.05, 0.1) is 6.33 Å². The summed E-state index contributed by atoms with van der Waals surface area (Å²) in [6.07, 6.45) is 7.17. The highest BCUT2D eigenvalue weighted by molar-refractivity contribution is 7.89. The SMILES string of the molecule is CCN(C1CCCCC1CN)S(=O)(=O)c1cn(C)cn1. The van der Waals surface area contributed by atoms with Crippen molar-refractivity contribution in [2.45, 2.75) is 43.7 Å². The molecule has 20 heavy (non-hydrogen) atoms. The molecule has 1 aliphatic rings. The summed E-state index contributed by atoms with van der Waals surface area (Å²) in [4.78, 5) is 4.00. The molecule has 2 atom stereocenters. The number of hydrogen-bond donors (Lipinski definition) is 1. The number of rotatable bonds is 5. The molecular formula is C13H24N4O2S. The second kappa shape index (κ2) is 6.24. The van der Waals surface area contributed by atoms with E-state index in [-0.39, 0.29) is 17.0 Å². The number of imidazole rings is 1. The molecule has 2 unspecified atom stereocenters. The molecule has 0 amide bonds. The highest BCUT2D eigenvalue weighted by Gasteiger charge is 2.36. The lowest BCUT2D eigenvalue weighted by Crippen LogP contribution is -2.47. The molecule has 1 saturated carbocycles. The average Bonchev–Trinajstić information content (AvgIpc) is 2.87. The fourth-order valence-electron chi connectivity index (χ4n) is 3.07. The van der Waals surface area contributed by atoms with Crippen molar-refractivity contribution in [3.63, 3.8) is 0 Å². The molecule has 2 N–H and O–H groups in total. The first kappa shape index (κ1) is 15.5. The lowest BCUT2D eigenvalue weighted by molar-refractivity contribution is 0.187. The molecule has 1 aromatic rings. The van der Waals surface area contributed by atoms with Gasteiger partial charge in [0, 0.05) is 25.8 Å². The Morgan fingerprint density at radius 3 is 2.70 bits per heavy atom. The van der Waals surface area contributed by atoms with E-state index in [4.69, 9.17) is 5.73 Å². The molecule has 7 heteroatoms. The summed E-state index contributed by atoms with van der Waals surface area (Å²) in [5, 5.41) is 0.128. The Morgan fingerprint density at radius 1 is 1.45 bits per heavy atom. The number of hydrogen-bond acceptors (Lipinski definition) is 4. The molecule has 114 valence electrons. The van der Waals surface area contributed by atoms with E-state index >= 15 is 0 Å². The molecule has 0 radical (unpaired) electrons. The Kier molecular flexibility index (Phi) is 4.82. The second-order valence-corrected chi connectivity index (χ2v) is 7.27. The van der Waals surface area contributed by atoms with Gasteiger partial charge in [-0.15, -0.1) is 0 Å². The summed E-state index contributed by atoms with van der Waals surface area (Å²) in [6, 6.07) is 0.00533. The lowest BCUT2D eigenvalue weighted by atomic mass is 9.84. The summed E-state index contributed by atoms with van der Waals surface area (Å²) in [5.74, 6) is 0.252. The molecule has 1 aliphatic carbocycles. The van der Waals surface area contributed by atoms with Crippen LogP contribution in [0, 0.1) is 5.92 Å². The molecule has 0 spiro atoms. The van der Waals surface area contributed by atoms with Crippen LogP contribution in [0.1, 0.15) is 32.6 Å². The number of aryl methyl sites for hydroxylation is 1. The van der Waals surface area contributed by atoms with Crippen molar-refractivity contribution in [3.8, 4) is 0 Å². The zero-order chi connectivity index (χ0) is 14.8. The third kappa shape index (κ3) is 2.89. The molecular weight excluding hydrogens is 276 g/mol. The highest BCUT2D eigenvalue weighted by Crippen LogP contribution is 2.31. The first-order valence-corrected chi connectivity index (χ1v) is 8.64. The largest absolute Gasteiger partial charge is 0.339 e. The first-order valence-electron chi connectivity index (χ1n) is 7.20. The predicted octanol–water partition coefficient (Wildman–Crippen LogP) is 0.948. The van der Waals surface area contributed by atoms with E-state index in [9.17, 15) is 8.42 Å². The molecule has 1 aromatic heterocycles. The van der Waals surface area contributed by atoms with Gasteiger partial charge in [-0.2, -0.15) is 4.31 Å². The van der Waals surface area contributed by atoms with Crippen molar-refractivity contribution in [1.82, 2.24) is 13.9 Å². The van der Waals surface area contributed by atoms with Crippen LogP contribution in [-0.4, -0.2) is 41.4 Å². The van der Waals surface area contributed by atoms with Crippen molar-refractivity contribution in [2.24, 2.45) is 18.7 Å². The monoisotopic (exact) mass is 300 g/mol. The minimum atomic E-state index is -3.53. The van der Waals surface area contributed by atoms with E-state index in [1.54, 1.807) is 22.1 Å². The number of nitrogens with two attached hydrogens (primary N) is 1. The zero-order valence-corrected chi connectivity index (χ0v) is 13.0. The van der Waals surface area contributed by atoms with E-state index in [1.165, 1.54) is 6.33 Å². The maximum Gasteiger partial charge on any atom is 0.262 e. The molecule has 0 aromatic carbocycles. The van der Waals surface area contributed by atoms with Crippen LogP contribution in [0.3, 0.4) is 0 Å². The van der Waals surface area contributed by atoms with Gasteiger partial charge in [-0.3, -0.25) is 0 Å². The van der Waals surface area contributed by atoms with E-state index in [1.807, 2.05) is 6.92 Å². The molecule has 0 bridgehead atoms. The van der Waals surface area contributed by atoms with Gasteiger partial charge in [-0.25, -0.2) is 13.4 Å². The minimum Gasteiger partial charge on any atom is -0.339 e. The highest BCUT2D eigenvalue weighted by atomic mass is 32.2. The van der Waals surface area contributed by atoms with Gasteiger partial charge in [0.1, 0.15) is 0 Å². The number of aromatic nitrogens is 2. The first-order chi connectivity index (χ1) is 9.50. The number of sulfonamides is 1. The zero-order valence-electron chi connectivity index (χ0n) is 12.2. The van der Waals surface area contributed by atoms with E-state index in [2.05, 4.69) is 4.98 Å². The average molecular weight is 300 g/mol. The topological polar surface area (TPSA) is 81.2 Å². The normalized spacial score (nSPS) is 24.2. The maximum atomic E-state index is 12.7. The third-order valence-electron chi connectivity index (χ3n) is 4.11. The van der Waals surface area contributed by atoms with Crippen molar-refractivity contribution >= 4 is 10.0 Å². The van der Waals surface area contributed by atoms with Crippen molar-refractivity contribution < 1.29 is 8.42 Å². The number of nitrogens with zero attached hydrogens (tertiary/aromatic N) is 3. The Morgan fingerprint density at radius 2 is 2.15 bits per heavy atom. The smallest absolute Gasteiger partial charge is 0.262 e. The van der Waals surface area contributed by atoms with Crippen LogP contribution >= 0.6 is 0 Å². The van der Waals surface area contributed by atoms with Crippen molar-refractivity contribution in [2.75, 3.05) is 13.1 Å². The van der Waals surface area contributed by atoms with E-state index < -0.39 is 10.0 Å². The Hall–Kier alpha value is -0.920. The van der Waals surface area contributed by atoms with E-state index in [0.29, 0.717) is 13.1 Å². The summed E-state index contributed by atoms with van der Waals surface area (Å²) < 4.78 is 28.7. The second-order valence-electron chi connectivity index (χ2n) is 5.43. The van der Waals surface area contributed by atoms with E-state index in [0.717, 1.165) is 25.7 Å². The van der Waals surface area contributed by atoms with Crippen LogP contribution in [0.15, 0.2) is 17.6 Å². The molecule has 0 saturated heterocycles. The van der Waals surface area contributed by atoms with Gasteiger partial charge < -0.3 is 10.3 Å². The Labute approximate surface area is 121 Å². The van der Waals surface area contributed by atoms with Crippen LogP contribution < -0.4 is 5.73 Å². The predicted molar refractivity (Wildman–Crippen MR) is 77.6 cm³/mol. The summed E-state index contributed by atoms with van der Waals surface area (Å²) in [7, 11) is -1.76. The maximum absolute atomic E-state index is 12.7. The molecule has 2 rings (SSSR count). The Bertz CT molecular complexity index is 540. The summed E-state index contributed by atoms with van der Waals surface area (Å²) in [6.45, 7) is 2.88. The molecule has 0 aliphatic heterocycles. The minimum absolute atomic E-state index is 0.00533. The standard InChI is InChI=1S/C13H24N4O2S/c1-3-17(12-7-5-4-6-11(12)8-14)20(18,19)13-9-16(2)10-15-13/h9-12H,3-8,14H2,1-2H3. The third-order valence-corrected chi connectivity index (χ3v) is 5.99. The van der Waals surface area contributed by atoms with Crippen molar-refractivity contribution in [1.29, 1.82) is 0 Å². The van der Waals surface area contributed by atoms with Gasteiger partial charge in [0.2, 0.25) is 0 Å². The lowest BCUT2D eigenvalue weighted by Gasteiger charge is -2.37. The fraction of sp³-hybridized carbons (Fsp3) is 0.769. The molecule has 1 heterocycles. The van der Waals surface area contributed by atoms with Crippen LogP contribution in [-0.2, 0) is 17.1 Å². The van der Waals surface area contributed by atoms with Gasteiger partial charge in [-0.05, 0) is 25.3 Å². The van der Waals surface area contributed by atoms with Gasteiger partial charge in [0.15, 0.2) is 5.03 Å². The van der Waals surface area contributed by atoms with Crippen LogP contribution in [0.25, 0.3) is 0 Å². The summed E-state index contributed by atoms with van der Waals surface area (Å²) >= 11 is 0. The quantitative estimate of drug-likeness (QED) is 0.878.